The second kappa shape index (κ2) is 5.46. The third-order valence-electron chi connectivity index (χ3n) is 3.35. The average Bonchev–Trinajstić information content (AvgIpc) is 2.25. The first-order valence-corrected chi connectivity index (χ1v) is 5.87. The molecule has 0 saturated heterocycles. The maximum Gasteiger partial charge on any atom is 0.0761 e. The molecule has 1 aromatic carbocycles. The van der Waals surface area contributed by atoms with Crippen LogP contribution < -0.4 is 5.73 Å². The van der Waals surface area contributed by atoms with Crippen molar-refractivity contribution in [3.8, 4) is 0 Å². The predicted molar refractivity (Wildman–Crippen MR) is 68.7 cm³/mol. The van der Waals surface area contributed by atoms with Gasteiger partial charge in [-0.1, -0.05) is 19.1 Å². The van der Waals surface area contributed by atoms with Crippen molar-refractivity contribution in [3.63, 3.8) is 0 Å². The van der Waals surface area contributed by atoms with E-state index in [9.17, 15) is 0 Å². The van der Waals surface area contributed by atoms with E-state index in [2.05, 4.69) is 39.8 Å². The van der Waals surface area contributed by atoms with E-state index in [4.69, 9.17) is 10.5 Å². The highest BCUT2D eigenvalue weighted by atomic mass is 16.5. The smallest absolute Gasteiger partial charge is 0.0761 e. The summed E-state index contributed by atoms with van der Waals surface area (Å²) in [5.41, 5.74) is 11.3. The molecule has 2 atom stereocenters. The fraction of sp³-hybridized carbons (Fsp3) is 0.571. The van der Waals surface area contributed by atoms with Gasteiger partial charge in [0.1, 0.15) is 0 Å². The molecule has 2 heteroatoms. The molecule has 0 aliphatic heterocycles. The van der Waals surface area contributed by atoms with E-state index < -0.39 is 0 Å². The lowest BCUT2D eigenvalue weighted by atomic mass is 9.92. The molecule has 0 saturated carbocycles. The summed E-state index contributed by atoms with van der Waals surface area (Å²) < 4.78 is 5.42. The summed E-state index contributed by atoms with van der Waals surface area (Å²) in [6, 6.07) is 4.36. The number of aryl methyl sites for hydroxylation is 3. The second-order valence-corrected chi connectivity index (χ2v) is 4.50. The Hall–Kier alpha value is -0.860. The molecule has 2 N–H and O–H groups in total. The summed E-state index contributed by atoms with van der Waals surface area (Å²) in [6.45, 7) is 8.47. The molecule has 2 unspecified atom stereocenters. The Bertz CT molecular complexity index is 356. The van der Waals surface area contributed by atoms with Crippen molar-refractivity contribution in [2.24, 2.45) is 5.73 Å². The maximum absolute atomic E-state index is 6.26. The average molecular weight is 221 g/mol. The SMILES string of the molecule is CCC(OC)C(N)c1cc(C)c(C)cc1C. The van der Waals surface area contributed by atoms with Crippen molar-refractivity contribution >= 4 is 0 Å². The lowest BCUT2D eigenvalue weighted by molar-refractivity contribution is 0.0770. The minimum Gasteiger partial charge on any atom is -0.379 e. The Labute approximate surface area is 98.8 Å². The minimum absolute atomic E-state index is 0.0331. The number of nitrogens with two attached hydrogens (primary N) is 1. The quantitative estimate of drug-likeness (QED) is 0.848. The van der Waals surface area contributed by atoms with Crippen LogP contribution in [0.2, 0.25) is 0 Å². The first-order chi connectivity index (χ1) is 7.51. The summed E-state index contributed by atoms with van der Waals surface area (Å²) in [5, 5.41) is 0. The molecule has 0 heterocycles. The van der Waals surface area contributed by atoms with Crippen LogP contribution in [-0.4, -0.2) is 13.2 Å². The second-order valence-electron chi connectivity index (χ2n) is 4.50. The number of benzene rings is 1. The zero-order valence-corrected chi connectivity index (χ0v) is 11.0. The van der Waals surface area contributed by atoms with Gasteiger partial charge in [-0.05, 0) is 49.4 Å². The molecular formula is C14H23NO. The first-order valence-electron chi connectivity index (χ1n) is 5.87. The topological polar surface area (TPSA) is 35.2 Å². The Balaban J connectivity index is 3.07. The molecule has 0 fully saturated rings. The monoisotopic (exact) mass is 221 g/mol. The van der Waals surface area contributed by atoms with E-state index in [-0.39, 0.29) is 12.1 Å². The number of hydrogen-bond acceptors (Lipinski definition) is 2. The highest BCUT2D eigenvalue weighted by Gasteiger charge is 2.19. The lowest BCUT2D eigenvalue weighted by Crippen LogP contribution is -2.28. The third-order valence-corrected chi connectivity index (χ3v) is 3.35. The van der Waals surface area contributed by atoms with Gasteiger partial charge < -0.3 is 10.5 Å². The Morgan fingerprint density at radius 3 is 2.19 bits per heavy atom. The van der Waals surface area contributed by atoms with Crippen LogP contribution in [0.5, 0.6) is 0 Å². The number of hydrogen-bond donors (Lipinski definition) is 1. The molecule has 0 amide bonds. The van der Waals surface area contributed by atoms with E-state index in [1.165, 1.54) is 22.3 Å². The molecule has 0 aromatic heterocycles. The van der Waals surface area contributed by atoms with E-state index in [0.29, 0.717) is 0 Å². The van der Waals surface area contributed by atoms with Gasteiger partial charge in [0.05, 0.1) is 12.1 Å². The van der Waals surface area contributed by atoms with Crippen LogP contribution in [0.4, 0.5) is 0 Å². The van der Waals surface area contributed by atoms with Crippen LogP contribution in [0.1, 0.15) is 41.6 Å². The van der Waals surface area contributed by atoms with Crippen LogP contribution in [-0.2, 0) is 4.74 Å². The zero-order chi connectivity index (χ0) is 12.3. The number of methoxy groups -OCH3 is 1. The van der Waals surface area contributed by atoms with Crippen molar-refractivity contribution in [1.82, 2.24) is 0 Å². The highest BCUT2D eigenvalue weighted by molar-refractivity contribution is 5.38. The summed E-state index contributed by atoms with van der Waals surface area (Å²) in [7, 11) is 1.73. The summed E-state index contributed by atoms with van der Waals surface area (Å²) >= 11 is 0. The molecule has 0 aliphatic rings. The Morgan fingerprint density at radius 2 is 1.69 bits per heavy atom. The van der Waals surface area contributed by atoms with Crippen molar-refractivity contribution in [2.75, 3.05) is 7.11 Å². The van der Waals surface area contributed by atoms with Gasteiger partial charge in [0.15, 0.2) is 0 Å². The van der Waals surface area contributed by atoms with Crippen LogP contribution >= 0.6 is 0 Å². The van der Waals surface area contributed by atoms with Crippen molar-refractivity contribution < 1.29 is 4.74 Å². The van der Waals surface area contributed by atoms with Crippen molar-refractivity contribution in [2.45, 2.75) is 46.3 Å². The fourth-order valence-corrected chi connectivity index (χ4v) is 2.11. The van der Waals surface area contributed by atoms with E-state index in [1.54, 1.807) is 7.11 Å². The largest absolute Gasteiger partial charge is 0.379 e. The van der Waals surface area contributed by atoms with Gasteiger partial charge in [-0.2, -0.15) is 0 Å². The third kappa shape index (κ3) is 2.63. The van der Waals surface area contributed by atoms with Crippen LogP contribution in [0.3, 0.4) is 0 Å². The molecule has 2 nitrogen and oxygen atoms in total. The van der Waals surface area contributed by atoms with Gasteiger partial charge in [-0.15, -0.1) is 0 Å². The molecule has 0 radical (unpaired) electrons. The maximum atomic E-state index is 6.26. The molecule has 1 rings (SSSR count). The van der Waals surface area contributed by atoms with Crippen LogP contribution in [0.25, 0.3) is 0 Å². The molecule has 0 spiro atoms. The Kier molecular flexibility index (Phi) is 4.51. The van der Waals surface area contributed by atoms with Gasteiger partial charge in [0.25, 0.3) is 0 Å². The van der Waals surface area contributed by atoms with Crippen molar-refractivity contribution in [1.29, 1.82) is 0 Å². The van der Waals surface area contributed by atoms with Crippen LogP contribution in [0, 0.1) is 20.8 Å². The molecule has 90 valence electrons. The van der Waals surface area contributed by atoms with Crippen molar-refractivity contribution in [3.05, 3.63) is 34.4 Å². The summed E-state index contributed by atoms with van der Waals surface area (Å²) in [5.74, 6) is 0. The minimum atomic E-state index is -0.0331. The van der Waals surface area contributed by atoms with E-state index >= 15 is 0 Å². The predicted octanol–water partition coefficient (Wildman–Crippen LogP) is 3.04. The molecule has 0 aliphatic carbocycles. The van der Waals surface area contributed by atoms with Gasteiger partial charge in [0, 0.05) is 7.11 Å². The standard InChI is InChI=1S/C14H23NO/c1-6-13(16-5)14(15)12-8-10(3)9(2)7-11(12)4/h7-8,13-14H,6,15H2,1-5H3. The van der Waals surface area contributed by atoms with E-state index in [1.807, 2.05) is 0 Å². The molecular weight excluding hydrogens is 198 g/mol. The van der Waals surface area contributed by atoms with E-state index in [0.717, 1.165) is 6.42 Å². The van der Waals surface area contributed by atoms with Gasteiger partial charge >= 0.3 is 0 Å². The zero-order valence-electron chi connectivity index (χ0n) is 11.0. The number of ether oxygens (including phenoxy) is 1. The van der Waals surface area contributed by atoms with Gasteiger partial charge in [0.2, 0.25) is 0 Å². The summed E-state index contributed by atoms with van der Waals surface area (Å²) in [6.07, 6.45) is 1.03. The van der Waals surface area contributed by atoms with Crippen LogP contribution in [0.15, 0.2) is 12.1 Å². The number of rotatable bonds is 4. The normalized spacial score (nSPS) is 14.9. The van der Waals surface area contributed by atoms with Gasteiger partial charge in [-0.3, -0.25) is 0 Å². The Morgan fingerprint density at radius 1 is 1.12 bits per heavy atom. The summed E-state index contributed by atoms with van der Waals surface area (Å²) in [4.78, 5) is 0. The highest BCUT2D eigenvalue weighted by Crippen LogP contribution is 2.24. The van der Waals surface area contributed by atoms with Gasteiger partial charge in [-0.25, -0.2) is 0 Å². The fourth-order valence-electron chi connectivity index (χ4n) is 2.11. The first kappa shape index (κ1) is 13.2. The molecule has 0 bridgehead atoms. The molecule has 16 heavy (non-hydrogen) atoms. The molecule has 1 aromatic rings. The lowest BCUT2D eigenvalue weighted by Gasteiger charge is -2.24.